The van der Waals surface area contributed by atoms with E-state index >= 15 is 0 Å². The van der Waals surface area contributed by atoms with Gasteiger partial charge in [0, 0.05) is 16.7 Å². The third-order valence-corrected chi connectivity index (χ3v) is 7.44. The first kappa shape index (κ1) is 26.0. The van der Waals surface area contributed by atoms with E-state index in [2.05, 4.69) is 25.6 Å². The predicted octanol–water partition coefficient (Wildman–Crippen LogP) is -2.03. The monoisotopic (exact) mass is 556 g/mol. The van der Waals surface area contributed by atoms with Gasteiger partial charge in [-0.05, 0) is 0 Å². The number of hydrogen-bond donors (Lipinski definition) is 3. The largest absolute Gasteiger partial charge is 0.543 e. The Hall–Kier alpha value is -4.06. The average Bonchev–Trinajstić information content (AvgIpc) is 3.42. The normalized spacial score (nSPS) is 19.4. The first-order valence-electron chi connectivity index (χ1n) is 10.3. The number of nitrogen functional groups attached to an aromatic ring is 1. The van der Waals surface area contributed by atoms with Gasteiger partial charge in [-0.3, -0.25) is 19.3 Å². The van der Waals surface area contributed by atoms with Crippen LogP contribution in [0.4, 0.5) is 19.7 Å². The summed E-state index contributed by atoms with van der Waals surface area (Å²) in [6, 6.07) is 0.437. The van der Waals surface area contributed by atoms with Crippen molar-refractivity contribution in [3.63, 3.8) is 0 Å². The lowest BCUT2D eigenvalue weighted by molar-refractivity contribution is -0.765. The van der Waals surface area contributed by atoms with E-state index in [1.54, 1.807) is 28.7 Å². The van der Waals surface area contributed by atoms with Gasteiger partial charge in [0.05, 0.1) is 24.8 Å². The molecule has 1 fully saturated rings. The standard InChI is InChI=1S/C19H18F2N8O6S2/c1-27-10(23-7-30)2-3-28(27)4-8-5-36-16-12(15(32)29(16)13(8)17(33)34)25-14(31)11(26-35-18(20)21)9-6-37-19(22)24-9/h2-3,6-7,12,16,18H,4-5H2,1H3,(H4,22,24,25,31,33,34)/t12-,16-/m1/s1. The molecule has 2 aliphatic rings. The zero-order valence-electron chi connectivity index (χ0n) is 18.8. The highest BCUT2D eigenvalue weighted by molar-refractivity contribution is 8.00. The van der Waals surface area contributed by atoms with Gasteiger partial charge in [0.2, 0.25) is 6.41 Å². The number of rotatable bonds is 10. The second kappa shape index (κ2) is 10.5. The smallest absolute Gasteiger partial charge is 0.407 e. The van der Waals surface area contributed by atoms with Crippen molar-refractivity contribution in [1.82, 2.24) is 19.9 Å². The number of carbonyl (C=O) groups is 4. The summed E-state index contributed by atoms with van der Waals surface area (Å²) >= 11 is 2.12. The van der Waals surface area contributed by atoms with E-state index in [9.17, 15) is 33.1 Å². The van der Waals surface area contributed by atoms with Crippen LogP contribution < -0.4 is 26.2 Å². The van der Waals surface area contributed by atoms with Gasteiger partial charge >= 0.3 is 6.61 Å². The lowest BCUT2D eigenvalue weighted by Crippen LogP contribution is -2.71. The highest BCUT2D eigenvalue weighted by atomic mass is 32.2. The van der Waals surface area contributed by atoms with Crippen LogP contribution in [0.25, 0.3) is 0 Å². The number of anilines is 2. The number of hydrogen-bond acceptors (Lipinski definition) is 11. The van der Waals surface area contributed by atoms with Crippen molar-refractivity contribution in [1.29, 1.82) is 0 Å². The van der Waals surface area contributed by atoms with Crippen LogP contribution in [0.1, 0.15) is 5.69 Å². The first-order valence-corrected chi connectivity index (χ1v) is 12.2. The summed E-state index contributed by atoms with van der Waals surface area (Å²) in [7, 11) is 1.65. The van der Waals surface area contributed by atoms with Crippen molar-refractivity contribution in [2.75, 3.05) is 16.8 Å². The fourth-order valence-electron chi connectivity index (χ4n) is 3.76. The Balaban J connectivity index is 1.54. The molecule has 2 atom stereocenters. The molecule has 0 unspecified atom stereocenters. The number of nitrogens with two attached hydrogens (primary N) is 1. The van der Waals surface area contributed by atoms with Crippen molar-refractivity contribution in [3.05, 3.63) is 34.6 Å². The maximum atomic E-state index is 12.9. The molecule has 3 amide bonds. The summed E-state index contributed by atoms with van der Waals surface area (Å²) in [4.78, 5) is 57.2. The Morgan fingerprint density at radius 3 is 2.86 bits per heavy atom. The highest BCUT2D eigenvalue weighted by Gasteiger charge is 2.53. The fourth-order valence-corrected chi connectivity index (χ4v) is 5.64. The minimum atomic E-state index is -3.31. The van der Waals surface area contributed by atoms with E-state index in [0.29, 0.717) is 17.8 Å². The number of carboxylic acids is 1. The van der Waals surface area contributed by atoms with Crippen LogP contribution >= 0.6 is 23.1 Å². The minimum absolute atomic E-state index is 0.0442. The Kier molecular flexibility index (Phi) is 7.39. The summed E-state index contributed by atoms with van der Waals surface area (Å²) in [6.07, 6.45) is 2.12. The number of halogens is 2. The lowest BCUT2D eigenvalue weighted by Gasteiger charge is -2.50. The van der Waals surface area contributed by atoms with E-state index in [4.69, 9.17) is 5.73 Å². The molecule has 14 nitrogen and oxygen atoms in total. The number of fused-ring (bicyclic) bond motifs is 1. The molecular formula is C19H18F2N8O6S2. The topological polar surface area (TPSA) is 188 Å². The molecule has 0 aliphatic carbocycles. The number of aliphatic carboxylic acids is 1. The molecule has 4 N–H and O–H groups in total. The van der Waals surface area contributed by atoms with Gasteiger partial charge in [-0.25, -0.2) is 4.98 Å². The highest BCUT2D eigenvalue weighted by Crippen LogP contribution is 2.40. The average molecular weight is 557 g/mol. The molecule has 0 bridgehead atoms. The Bertz CT molecular complexity index is 1330. The van der Waals surface area contributed by atoms with Crippen molar-refractivity contribution in [2.45, 2.75) is 24.6 Å². The minimum Gasteiger partial charge on any atom is -0.543 e. The number of thioether (sulfide) groups is 1. The lowest BCUT2D eigenvalue weighted by atomic mass is 10.0. The number of carbonyl (C=O) groups excluding carboxylic acids is 4. The Morgan fingerprint density at radius 2 is 2.24 bits per heavy atom. The molecule has 2 aromatic rings. The van der Waals surface area contributed by atoms with E-state index in [0.717, 1.165) is 16.2 Å². The third-order valence-electron chi connectivity index (χ3n) is 5.43. The van der Waals surface area contributed by atoms with Crippen molar-refractivity contribution in [3.8, 4) is 0 Å². The Morgan fingerprint density at radius 1 is 1.49 bits per heavy atom. The molecule has 4 heterocycles. The first-order chi connectivity index (χ1) is 17.6. The summed E-state index contributed by atoms with van der Waals surface area (Å²) in [5, 5.41) is 20.6. The molecule has 0 radical (unpaired) electrons. The van der Waals surface area contributed by atoms with Gasteiger partial charge in [0.15, 0.2) is 29.4 Å². The SMILES string of the molecule is Cn1c(NC=O)cc[n+]1CC1=C(C(=O)[O-])N2C(=O)[C@@H](NC(=O)C(=NOC(F)F)c3csc(N)n3)[C@H]2SC1. The van der Waals surface area contributed by atoms with Crippen molar-refractivity contribution >= 4 is 64.0 Å². The van der Waals surface area contributed by atoms with E-state index in [1.165, 1.54) is 17.1 Å². The van der Waals surface area contributed by atoms with E-state index < -0.39 is 41.5 Å². The maximum absolute atomic E-state index is 12.9. The molecule has 37 heavy (non-hydrogen) atoms. The van der Waals surface area contributed by atoms with Gasteiger partial charge in [-0.15, -0.1) is 32.5 Å². The molecule has 0 aromatic carbocycles. The zero-order chi connectivity index (χ0) is 26.9. The second-order valence-corrected chi connectivity index (χ2v) is 9.56. The molecule has 0 saturated carbocycles. The maximum Gasteiger partial charge on any atom is 0.407 e. The molecule has 2 aliphatic heterocycles. The number of carboxylic acid groups (broad SMARTS) is 1. The van der Waals surface area contributed by atoms with Gasteiger partial charge in [-0.1, -0.05) is 5.16 Å². The second-order valence-electron chi connectivity index (χ2n) is 7.56. The van der Waals surface area contributed by atoms with Gasteiger partial charge in [0.1, 0.15) is 17.1 Å². The van der Waals surface area contributed by atoms with Crippen molar-refractivity contribution < 1.29 is 42.6 Å². The third kappa shape index (κ3) is 5.10. The predicted molar refractivity (Wildman–Crippen MR) is 123 cm³/mol. The van der Waals surface area contributed by atoms with Crippen LogP contribution in [0.15, 0.2) is 34.1 Å². The quantitative estimate of drug-likeness (QED) is 0.0974. The number of amides is 3. The van der Waals surface area contributed by atoms with Crippen LogP contribution in [-0.4, -0.2) is 68.3 Å². The molecule has 18 heteroatoms. The molecule has 196 valence electrons. The number of oxime groups is 1. The molecule has 1 saturated heterocycles. The zero-order valence-corrected chi connectivity index (χ0v) is 20.4. The molecule has 0 spiro atoms. The fraction of sp³-hybridized carbons (Fsp3) is 0.316. The van der Waals surface area contributed by atoms with Crippen LogP contribution in [0, 0.1) is 0 Å². The summed E-state index contributed by atoms with van der Waals surface area (Å²) in [5.74, 6) is -2.72. The number of nitrogens with one attached hydrogen (secondary N) is 2. The summed E-state index contributed by atoms with van der Waals surface area (Å²) in [5.41, 5.74) is 4.81. The van der Waals surface area contributed by atoms with Gasteiger partial charge in [0.25, 0.3) is 11.8 Å². The van der Waals surface area contributed by atoms with Crippen LogP contribution in [0.5, 0.6) is 0 Å². The molecule has 2 aromatic heterocycles. The number of nitrogens with zero attached hydrogens (tertiary/aromatic N) is 5. The molecular weight excluding hydrogens is 538 g/mol. The number of alkyl halides is 2. The summed E-state index contributed by atoms with van der Waals surface area (Å²) < 4.78 is 28.3. The van der Waals surface area contributed by atoms with Gasteiger partial charge in [-0.2, -0.15) is 8.78 Å². The van der Waals surface area contributed by atoms with Crippen LogP contribution in [0.3, 0.4) is 0 Å². The number of thiazole rings is 1. The van der Waals surface area contributed by atoms with E-state index in [1.807, 2.05) is 0 Å². The van der Waals surface area contributed by atoms with E-state index in [-0.39, 0.29) is 28.8 Å². The summed E-state index contributed by atoms with van der Waals surface area (Å²) in [6.45, 7) is -3.23. The van der Waals surface area contributed by atoms with Gasteiger partial charge < -0.3 is 31.1 Å². The number of β-lactam (4-membered cyclic amide) rings is 1. The van der Waals surface area contributed by atoms with Crippen LogP contribution in [-0.2, 0) is 37.6 Å². The van der Waals surface area contributed by atoms with Crippen molar-refractivity contribution in [2.24, 2.45) is 12.2 Å². The number of aromatic nitrogens is 3. The Labute approximate surface area is 214 Å². The van der Waals surface area contributed by atoms with Crippen LogP contribution in [0.2, 0.25) is 0 Å². The molecule has 4 rings (SSSR count).